The van der Waals surface area contributed by atoms with Gasteiger partial charge in [-0.15, -0.1) is 0 Å². The second-order valence-corrected chi connectivity index (χ2v) is 3.08. The highest BCUT2D eigenvalue weighted by molar-refractivity contribution is 4.69. The first-order valence-corrected chi connectivity index (χ1v) is 3.39. The number of hydrogen-bond acceptors (Lipinski definition) is 1. The minimum atomic E-state index is -4.07. The van der Waals surface area contributed by atoms with Gasteiger partial charge < -0.3 is 4.74 Å². The van der Waals surface area contributed by atoms with E-state index in [1.54, 1.807) is 13.8 Å². The lowest BCUT2D eigenvalue weighted by Gasteiger charge is -2.23. The predicted molar refractivity (Wildman–Crippen MR) is 36.4 cm³/mol. The van der Waals surface area contributed by atoms with Crippen LogP contribution in [0.5, 0.6) is 0 Å². The van der Waals surface area contributed by atoms with E-state index in [9.17, 15) is 13.2 Å². The van der Waals surface area contributed by atoms with Crippen molar-refractivity contribution in [1.29, 1.82) is 0 Å². The molecule has 0 saturated heterocycles. The average molecular weight is 170 g/mol. The molecule has 0 amide bonds. The van der Waals surface area contributed by atoms with Gasteiger partial charge in [-0.3, -0.25) is 0 Å². The molecule has 0 rings (SSSR count). The molecule has 0 fully saturated rings. The van der Waals surface area contributed by atoms with Gasteiger partial charge in [-0.25, -0.2) is 0 Å². The highest BCUT2D eigenvalue weighted by atomic mass is 19.4. The molecule has 68 valence electrons. The molecule has 0 aromatic rings. The van der Waals surface area contributed by atoms with Crippen molar-refractivity contribution in [2.24, 2.45) is 0 Å². The van der Waals surface area contributed by atoms with Gasteiger partial charge in [-0.2, -0.15) is 13.2 Å². The topological polar surface area (TPSA) is 9.23 Å². The third-order valence-electron chi connectivity index (χ3n) is 1.56. The third-order valence-corrected chi connectivity index (χ3v) is 1.56. The van der Waals surface area contributed by atoms with Gasteiger partial charge in [0.1, 0.15) is 0 Å². The summed E-state index contributed by atoms with van der Waals surface area (Å²) in [6.45, 7) is 3.28. The Balaban J connectivity index is 3.70. The molecular formula is C7H13F3O. The maximum Gasteiger partial charge on any atom is 0.389 e. The van der Waals surface area contributed by atoms with Crippen molar-refractivity contribution in [3.63, 3.8) is 0 Å². The molecular weight excluding hydrogens is 157 g/mol. The molecule has 0 spiro atoms. The van der Waals surface area contributed by atoms with Gasteiger partial charge in [0.05, 0.1) is 5.60 Å². The number of rotatable bonds is 3. The van der Waals surface area contributed by atoms with Crippen LogP contribution in [-0.2, 0) is 4.74 Å². The van der Waals surface area contributed by atoms with Crippen LogP contribution in [0.15, 0.2) is 0 Å². The van der Waals surface area contributed by atoms with Gasteiger partial charge in [0.2, 0.25) is 0 Å². The van der Waals surface area contributed by atoms with Crippen molar-refractivity contribution in [2.75, 3.05) is 7.11 Å². The first-order chi connectivity index (χ1) is 4.77. The Labute approximate surface area is 64.5 Å². The summed E-state index contributed by atoms with van der Waals surface area (Å²) >= 11 is 0. The fraction of sp³-hybridized carbons (Fsp3) is 1.00. The van der Waals surface area contributed by atoms with E-state index in [1.807, 2.05) is 0 Å². The largest absolute Gasteiger partial charge is 0.389 e. The molecule has 0 aliphatic rings. The Hall–Kier alpha value is -0.250. The molecule has 0 bridgehead atoms. The lowest BCUT2D eigenvalue weighted by atomic mass is 10.0. The van der Waals surface area contributed by atoms with Crippen LogP contribution >= 0.6 is 0 Å². The van der Waals surface area contributed by atoms with E-state index in [4.69, 9.17) is 4.74 Å². The van der Waals surface area contributed by atoms with Gasteiger partial charge in [0.25, 0.3) is 0 Å². The summed E-state index contributed by atoms with van der Waals surface area (Å²) in [5, 5.41) is 0. The monoisotopic (exact) mass is 170 g/mol. The summed E-state index contributed by atoms with van der Waals surface area (Å²) in [4.78, 5) is 0. The summed E-state index contributed by atoms with van der Waals surface area (Å²) in [5.74, 6) is 0. The van der Waals surface area contributed by atoms with Gasteiger partial charge >= 0.3 is 6.18 Å². The van der Waals surface area contributed by atoms with Crippen molar-refractivity contribution < 1.29 is 17.9 Å². The van der Waals surface area contributed by atoms with Crippen LogP contribution in [0, 0.1) is 0 Å². The Bertz CT molecular complexity index is 117. The first kappa shape index (κ1) is 10.8. The van der Waals surface area contributed by atoms with Crippen LogP contribution in [0.1, 0.15) is 26.7 Å². The SMILES string of the molecule is COC(C)(C)CCC(F)(F)F. The molecule has 11 heavy (non-hydrogen) atoms. The smallest absolute Gasteiger partial charge is 0.379 e. The van der Waals surface area contributed by atoms with Crippen LogP contribution in [-0.4, -0.2) is 18.9 Å². The molecule has 1 nitrogen and oxygen atoms in total. The Morgan fingerprint density at radius 3 is 1.82 bits per heavy atom. The normalized spacial score (nSPS) is 13.6. The molecule has 4 heteroatoms. The summed E-state index contributed by atoms with van der Waals surface area (Å²) in [6.07, 6.45) is -4.85. The maximum atomic E-state index is 11.7. The lowest BCUT2D eigenvalue weighted by Crippen LogP contribution is -2.25. The number of alkyl halides is 3. The highest BCUT2D eigenvalue weighted by Crippen LogP contribution is 2.26. The van der Waals surface area contributed by atoms with Crippen molar-refractivity contribution in [1.82, 2.24) is 0 Å². The van der Waals surface area contributed by atoms with Crippen molar-refractivity contribution >= 4 is 0 Å². The average Bonchev–Trinajstić information content (AvgIpc) is 1.83. The number of hydrogen-bond donors (Lipinski definition) is 0. The second-order valence-electron chi connectivity index (χ2n) is 3.08. The fourth-order valence-corrected chi connectivity index (χ4v) is 0.545. The number of ether oxygens (including phenoxy) is 1. The van der Waals surface area contributed by atoms with Crippen molar-refractivity contribution in [3.05, 3.63) is 0 Å². The Morgan fingerprint density at radius 2 is 1.55 bits per heavy atom. The zero-order valence-electron chi connectivity index (χ0n) is 6.96. The molecule has 0 saturated carbocycles. The van der Waals surface area contributed by atoms with E-state index in [-0.39, 0.29) is 6.42 Å². The molecule has 0 aliphatic carbocycles. The molecule has 0 radical (unpaired) electrons. The van der Waals surface area contributed by atoms with E-state index in [0.717, 1.165) is 0 Å². The summed E-state index contributed by atoms with van der Waals surface area (Å²) in [5.41, 5.74) is -0.671. The van der Waals surface area contributed by atoms with Gasteiger partial charge in [-0.1, -0.05) is 0 Å². The Kier molecular flexibility index (Phi) is 3.35. The maximum absolute atomic E-state index is 11.7. The van der Waals surface area contributed by atoms with Gasteiger partial charge in [0.15, 0.2) is 0 Å². The summed E-state index contributed by atoms with van der Waals surface area (Å²) in [6, 6.07) is 0. The van der Waals surface area contributed by atoms with Crippen LogP contribution in [0.3, 0.4) is 0 Å². The van der Waals surface area contributed by atoms with Crippen molar-refractivity contribution in [2.45, 2.75) is 38.5 Å². The number of halogens is 3. The minimum absolute atomic E-state index is 0.00694. The molecule has 0 unspecified atom stereocenters. The second kappa shape index (κ2) is 3.43. The van der Waals surface area contributed by atoms with E-state index in [0.29, 0.717) is 0 Å². The van der Waals surface area contributed by atoms with Crippen LogP contribution < -0.4 is 0 Å². The standard InChI is InChI=1S/C7H13F3O/c1-6(2,11-3)4-5-7(8,9)10/h4-5H2,1-3H3. The van der Waals surface area contributed by atoms with Crippen molar-refractivity contribution in [3.8, 4) is 0 Å². The van der Waals surface area contributed by atoms with Crippen LogP contribution in [0.2, 0.25) is 0 Å². The minimum Gasteiger partial charge on any atom is -0.379 e. The zero-order chi connectivity index (χ0) is 9.12. The molecule has 0 N–H and O–H groups in total. The van der Waals surface area contributed by atoms with E-state index < -0.39 is 18.2 Å². The molecule has 0 atom stereocenters. The number of methoxy groups -OCH3 is 1. The van der Waals surface area contributed by atoms with Gasteiger partial charge in [0, 0.05) is 13.5 Å². The molecule has 0 heterocycles. The summed E-state index contributed by atoms with van der Waals surface area (Å²) in [7, 11) is 1.41. The third kappa shape index (κ3) is 6.16. The lowest BCUT2D eigenvalue weighted by molar-refractivity contribution is -0.146. The summed E-state index contributed by atoms with van der Waals surface area (Å²) < 4.78 is 39.8. The van der Waals surface area contributed by atoms with E-state index in [1.165, 1.54) is 7.11 Å². The Morgan fingerprint density at radius 1 is 1.09 bits per heavy atom. The zero-order valence-corrected chi connectivity index (χ0v) is 6.96. The van der Waals surface area contributed by atoms with Crippen LogP contribution in [0.25, 0.3) is 0 Å². The highest BCUT2D eigenvalue weighted by Gasteiger charge is 2.30. The fourth-order valence-electron chi connectivity index (χ4n) is 0.545. The molecule has 0 aromatic carbocycles. The van der Waals surface area contributed by atoms with Gasteiger partial charge in [-0.05, 0) is 20.3 Å². The quantitative estimate of drug-likeness (QED) is 0.632. The predicted octanol–water partition coefficient (Wildman–Crippen LogP) is 2.75. The molecule has 0 aliphatic heterocycles. The first-order valence-electron chi connectivity index (χ1n) is 3.39. The molecule has 0 aromatic heterocycles. The van der Waals surface area contributed by atoms with Crippen LogP contribution in [0.4, 0.5) is 13.2 Å². The van der Waals surface area contributed by atoms with E-state index >= 15 is 0 Å². The van der Waals surface area contributed by atoms with E-state index in [2.05, 4.69) is 0 Å².